The second-order valence-corrected chi connectivity index (χ2v) is 5.54. The van der Waals surface area contributed by atoms with Gasteiger partial charge in [0, 0.05) is 17.1 Å². The maximum Gasteiger partial charge on any atom is 0.126 e. The van der Waals surface area contributed by atoms with E-state index in [1.165, 1.54) is 22.2 Å². The summed E-state index contributed by atoms with van der Waals surface area (Å²) < 4.78 is 13.5. The molecule has 106 valence electrons. The Bertz CT molecular complexity index is 1000. The summed E-state index contributed by atoms with van der Waals surface area (Å²) >= 11 is 0. The van der Waals surface area contributed by atoms with E-state index in [1.807, 2.05) is 24.4 Å². The van der Waals surface area contributed by atoms with Crippen molar-refractivity contribution in [2.45, 2.75) is 6.92 Å². The smallest absolute Gasteiger partial charge is 0.126 e. The van der Waals surface area contributed by atoms with Gasteiger partial charge in [0.25, 0.3) is 0 Å². The Morgan fingerprint density at radius 2 is 1.64 bits per heavy atom. The topological polar surface area (TPSA) is 12.9 Å². The molecule has 4 rings (SSSR count). The molecule has 0 aliphatic rings. The van der Waals surface area contributed by atoms with E-state index in [0.29, 0.717) is 5.56 Å². The number of fused-ring (bicyclic) bond motifs is 3. The van der Waals surface area contributed by atoms with Gasteiger partial charge >= 0.3 is 0 Å². The molecule has 0 aliphatic carbocycles. The van der Waals surface area contributed by atoms with E-state index < -0.39 is 0 Å². The molecule has 0 spiro atoms. The van der Waals surface area contributed by atoms with Crippen LogP contribution in [0.2, 0.25) is 0 Å². The van der Waals surface area contributed by atoms with Crippen LogP contribution in [0.4, 0.5) is 4.39 Å². The van der Waals surface area contributed by atoms with E-state index in [4.69, 9.17) is 0 Å². The first-order valence-electron chi connectivity index (χ1n) is 7.26. The molecule has 0 unspecified atom stereocenters. The number of rotatable bonds is 1. The molecule has 0 atom stereocenters. The van der Waals surface area contributed by atoms with Gasteiger partial charge in [-0.1, -0.05) is 36.4 Å². The number of aromatic nitrogens is 1. The Balaban J connectivity index is 1.99. The summed E-state index contributed by atoms with van der Waals surface area (Å²) in [5.41, 5.74) is 2.44. The van der Waals surface area contributed by atoms with Crippen molar-refractivity contribution in [3.05, 3.63) is 78.2 Å². The van der Waals surface area contributed by atoms with E-state index >= 15 is 0 Å². The van der Waals surface area contributed by atoms with Crippen LogP contribution in [-0.2, 0) is 0 Å². The summed E-state index contributed by atoms with van der Waals surface area (Å²) in [7, 11) is 0. The van der Waals surface area contributed by atoms with Gasteiger partial charge in [0.1, 0.15) is 5.82 Å². The zero-order valence-electron chi connectivity index (χ0n) is 12.2. The van der Waals surface area contributed by atoms with Crippen molar-refractivity contribution >= 4 is 21.5 Å². The normalized spacial score (nSPS) is 11.2. The monoisotopic (exact) mass is 287 g/mol. The average molecular weight is 287 g/mol. The summed E-state index contributed by atoms with van der Waals surface area (Å²) in [6, 6.07) is 19.7. The molecular weight excluding hydrogens is 273 g/mol. The Morgan fingerprint density at radius 1 is 0.818 bits per heavy atom. The molecule has 1 heterocycles. The number of halogens is 1. The van der Waals surface area contributed by atoms with Crippen molar-refractivity contribution in [2.75, 3.05) is 0 Å². The van der Waals surface area contributed by atoms with Crippen LogP contribution in [0.3, 0.4) is 0 Å². The average Bonchev–Trinajstić information content (AvgIpc) is 2.57. The van der Waals surface area contributed by atoms with E-state index in [-0.39, 0.29) is 5.82 Å². The van der Waals surface area contributed by atoms with Crippen LogP contribution < -0.4 is 0 Å². The fourth-order valence-electron chi connectivity index (χ4n) is 2.86. The first kappa shape index (κ1) is 13.0. The third-order valence-corrected chi connectivity index (χ3v) is 4.08. The quantitative estimate of drug-likeness (QED) is 0.421. The van der Waals surface area contributed by atoms with Crippen LogP contribution in [-0.4, -0.2) is 4.98 Å². The minimum absolute atomic E-state index is 0.185. The summed E-state index contributed by atoms with van der Waals surface area (Å²) in [5.74, 6) is -0.185. The summed E-state index contributed by atoms with van der Waals surface area (Å²) in [6.07, 6.45) is 1.88. The molecule has 22 heavy (non-hydrogen) atoms. The van der Waals surface area contributed by atoms with Crippen LogP contribution >= 0.6 is 0 Å². The van der Waals surface area contributed by atoms with Crippen molar-refractivity contribution in [3.8, 4) is 11.3 Å². The van der Waals surface area contributed by atoms with Crippen molar-refractivity contribution in [1.82, 2.24) is 4.98 Å². The van der Waals surface area contributed by atoms with Crippen molar-refractivity contribution in [1.29, 1.82) is 0 Å². The molecule has 0 N–H and O–H groups in total. The lowest BCUT2D eigenvalue weighted by atomic mass is 10.0. The molecule has 1 nitrogen and oxygen atoms in total. The molecule has 0 saturated heterocycles. The van der Waals surface area contributed by atoms with Crippen LogP contribution in [0, 0.1) is 12.7 Å². The van der Waals surface area contributed by atoms with Crippen molar-refractivity contribution < 1.29 is 4.39 Å². The molecule has 0 saturated carbocycles. The third kappa shape index (κ3) is 2.04. The first-order valence-corrected chi connectivity index (χ1v) is 7.26. The number of hydrogen-bond donors (Lipinski definition) is 0. The van der Waals surface area contributed by atoms with E-state index in [9.17, 15) is 4.39 Å². The second-order valence-electron chi connectivity index (χ2n) is 5.54. The molecule has 1 aromatic heterocycles. The number of aryl methyl sites for hydroxylation is 1. The highest BCUT2D eigenvalue weighted by Gasteiger charge is 2.06. The highest BCUT2D eigenvalue weighted by atomic mass is 19.1. The zero-order valence-corrected chi connectivity index (χ0v) is 12.2. The Kier molecular flexibility index (Phi) is 2.90. The lowest BCUT2D eigenvalue weighted by Crippen LogP contribution is -1.88. The molecule has 0 fully saturated rings. The van der Waals surface area contributed by atoms with Crippen molar-refractivity contribution in [3.63, 3.8) is 0 Å². The molecule has 0 radical (unpaired) electrons. The number of benzene rings is 3. The maximum absolute atomic E-state index is 13.5. The van der Waals surface area contributed by atoms with E-state index in [2.05, 4.69) is 35.3 Å². The second kappa shape index (κ2) is 4.92. The fourth-order valence-corrected chi connectivity index (χ4v) is 2.86. The van der Waals surface area contributed by atoms with Gasteiger partial charge in [-0.3, -0.25) is 4.98 Å². The zero-order chi connectivity index (χ0) is 15.1. The maximum atomic E-state index is 13.5. The van der Waals surface area contributed by atoms with Gasteiger partial charge in [-0.05, 0) is 52.9 Å². The van der Waals surface area contributed by atoms with Crippen LogP contribution in [0.1, 0.15) is 5.56 Å². The SMILES string of the molecule is Cc1cc(-c2cc3c(ccc4ccccc43)cn2)ccc1F. The molecule has 0 aliphatic heterocycles. The Hall–Kier alpha value is -2.74. The lowest BCUT2D eigenvalue weighted by Gasteiger charge is -2.07. The molecule has 0 amide bonds. The number of pyridine rings is 1. The van der Waals surface area contributed by atoms with Gasteiger partial charge in [0.2, 0.25) is 0 Å². The molecule has 3 aromatic carbocycles. The van der Waals surface area contributed by atoms with Gasteiger partial charge in [0.05, 0.1) is 5.69 Å². The third-order valence-electron chi connectivity index (χ3n) is 4.08. The first-order chi connectivity index (χ1) is 10.7. The minimum atomic E-state index is -0.185. The summed E-state index contributed by atoms with van der Waals surface area (Å²) in [5, 5.41) is 4.70. The number of hydrogen-bond acceptors (Lipinski definition) is 1. The van der Waals surface area contributed by atoms with Crippen LogP contribution in [0.25, 0.3) is 32.8 Å². The van der Waals surface area contributed by atoms with Gasteiger partial charge in [0.15, 0.2) is 0 Å². The lowest BCUT2D eigenvalue weighted by molar-refractivity contribution is 0.619. The highest BCUT2D eigenvalue weighted by Crippen LogP contribution is 2.29. The predicted octanol–water partition coefficient (Wildman–Crippen LogP) is 5.50. The highest BCUT2D eigenvalue weighted by molar-refractivity contribution is 6.08. The summed E-state index contributed by atoms with van der Waals surface area (Å²) in [6.45, 7) is 1.77. The van der Waals surface area contributed by atoms with Crippen LogP contribution in [0.5, 0.6) is 0 Å². The molecule has 2 heteroatoms. The van der Waals surface area contributed by atoms with E-state index in [0.717, 1.165) is 16.6 Å². The standard InChI is InChI=1S/C20H14FN/c1-13-10-15(8-9-19(13)21)20-11-18-16(12-22-20)7-6-14-4-2-3-5-17(14)18/h2-12H,1H3. The largest absolute Gasteiger partial charge is 0.256 e. The molecular formula is C20H14FN. The van der Waals surface area contributed by atoms with Crippen LogP contribution in [0.15, 0.2) is 66.9 Å². The van der Waals surface area contributed by atoms with Gasteiger partial charge < -0.3 is 0 Å². The van der Waals surface area contributed by atoms with Gasteiger partial charge in [-0.25, -0.2) is 4.39 Å². The Morgan fingerprint density at radius 3 is 2.50 bits per heavy atom. The van der Waals surface area contributed by atoms with Crippen molar-refractivity contribution in [2.24, 2.45) is 0 Å². The van der Waals surface area contributed by atoms with Gasteiger partial charge in [-0.15, -0.1) is 0 Å². The van der Waals surface area contributed by atoms with Gasteiger partial charge in [-0.2, -0.15) is 0 Å². The molecule has 0 bridgehead atoms. The summed E-state index contributed by atoms with van der Waals surface area (Å²) in [4.78, 5) is 4.53. The molecule has 4 aromatic rings. The van der Waals surface area contributed by atoms with E-state index in [1.54, 1.807) is 13.0 Å². The predicted molar refractivity (Wildman–Crippen MR) is 89.4 cm³/mol. The Labute approximate surface area is 128 Å². The minimum Gasteiger partial charge on any atom is -0.256 e. The fraction of sp³-hybridized carbons (Fsp3) is 0.0500. The number of nitrogens with zero attached hydrogens (tertiary/aromatic N) is 1.